The molecular formula is C21H21NSe. The van der Waals surface area contributed by atoms with Gasteiger partial charge in [0.05, 0.1) is 0 Å². The number of para-hydroxylation sites is 1. The molecule has 0 saturated heterocycles. The minimum atomic E-state index is 0.346. The van der Waals surface area contributed by atoms with Crippen molar-refractivity contribution in [1.82, 2.24) is 0 Å². The molecule has 1 atom stereocenters. The van der Waals surface area contributed by atoms with Gasteiger partial charge in [0.1, 0.15) is 0 Å². The van der Waals surface area contributed by atoms with Crippen LogP contribution in [0.3, 0.4) is 0 Å². The molecule has 3 aromatic carbocycles. The average Bonchev–Trinajstić information content (AvgIpc) is 2.61. The summed E-state index contributed by atoms with van der Waals surface area (Å²) in [5.41, 5.74) is 3.85. The molecule has 1 unspecified atom stereocenters. The van der Waals surface area contributed by atoms with E-state index in [9.17, 15) is 0 Å². The zero-order chi connectivity index (χ0) is 15.9. The van der Waals surface area contributed by atoms with Crippen LogP contribution in [0.5, 0.6) is 0 Å². The quantitative estimate of drug-likeness (QED) is 0.629. The Morgan fingerprint density at radius 3 is 2.04 bits per heavy atom. The Labute approximate surface area is 144 Å². The van der Waals surface area contributed by atoms with Crippen LogP contribution in [0.25, 0.3) is 0 Å². The third kappa shape index (κ3) is 4.72. The van der Waals surface area contributed by atoms with Crippen molar-refractivity contribution in [2.75, 3.05) is 5.32 Å². The van der Waals surface area contributed by atoms with Crippen LogP contribution >= 0.6 is 0 Å². The molecule has 0 heterocycles. The van der Waals surface area contributed by atoms with Crippen molar-refractivity contribution in [3.63, 3.8) is 0 Å². The number of hydrogen-bond acceptors (Lipinski definition) is 1. The van der Waals surface area contributed by atoms with Gasteiger partial charge in [-0.15, -0.1) is 0 Å². The van der Waals surface area contributed by atoms with Crippen molar-refractivity contribution in [2.45, 2.75) is 18.3 Å². The predicted octanol–water partition coefficient (Wildman–Crippen LogP) is 4.60. The van der Waals surface area contributed by atoms with E-state index in [1.165, 1.54) is 21.3 Å². The van der Waals surface area contributed by atoms with E-state index >= 15 is 0 Å². The molecule has 0 radical (unpaired) electrons. The van der Waals surface area contributed by atoms with Gasteiger partial charge < -0.3 is 0 Å². The van der Waals surface area contributed by atoms with Crippen molar-refractivity contribution in [2.24, 2.45) is 0 Å². The van der Waals surface area contributed by atoms with E-state index in [2.05, 4.69) is 97.2 Å². The fourth-order valence-corrected chi connectivity index (χ4v) is 4.52. The van der Waals surface area contributed by atoms with E-state index in [1.807, 2.05) is 0 Å². The van der Waals surface area contributed by atoms with E-state index < -0.39 is 0 Å². The number of rotatable bonds is 6. The van der Waals surface area contributed by atoms with Gasteiger partial charge in [-0.3, -0.25) is 0 Å². The van der Waals surface area contributed by atoms with E-state index in [4.69, 9.17) is 0 Å². The first-order chi connectivity index (χ1) is 11.3. The molecule has 0 aromatic heterocycles. The maximum absolute atomic E-state index is 3.70. The number of anilines is 1. The second-order valence-electron chi connectivity index (χ2n) is 5.60. The zero-order valence-electron chi connectivity index (χ0n) is 13.3. The first-order valence-electron chi connectivity index (χ1n) is 7.87. The van der Waals surface area contributed by atoms with Crippen molar-refractivity contribution in [1.29, 1.82) is 0 Å². The van der Waals surface area contributed by atoms with Gasteiger partial charge in [0.15, 0.2) is 0 Å². The molecule has 0 fully saturated rings. The van der Waals surface area contributed by atoms with Crippen molar-refractivity contribution in [3.8, 4) is 0 Å². The molecular weight excluding hydrogens is 345 g/mol. The van der Waals surface area contributed by atoms with Gasteiger partial charge >= 0.3 is 145 Å². The predicted molar refractivity (Wildman–Crippen MR) is 101 cm³/mol. The zero-order valence-corrected chi connectivity index (χ0v) is 15.0. The molecule has 116 valence electrons. The Balaban J connectivity index is 1.76. The van der Waals surface area contributed by atoms with Gasteiger partial charge in [0.25, 0.3) is 0 Å². The molecule has 1 nitrogen and oxygen atoms in total. The van der Waals surface area contributed by atoms with E-state index in [0.717, 1.165) is 5.32 Å². The van der Waals surface area contributed by atoms with Crippen LogP contribution in [0.15, 0.2) is 84.9 Å². The van der Waals surface area contributed by atoms with Crippen LogP contribution in [0.2, 0.25) is 5.32 Å². The van der Waals surface area contributed by atoms with Gasteiger partial charge in [-0.25, -0.2) is 0 Å². The normalized spacial score (nSPS) is 11.9. The Hall–Kier alpha value is -2.02. The summed E-state index contributed by atoms with van der Waals surface area (Å²) >= 11 is 0.457. The maximum atomic E-state index is 3.70. The molecule has 23 heavy (non-hydrogen) atoms. The second-order valence-corrected chi connectivity index (χ2v) is 7.89. The van der Waals surface area contributed by atoms with E-state index in [0.29, 0.717) is 21.0 Å². The fraction of sp³-hybridized carbons (Fsp3) is 0.143. The molecule has 0 saturated carbocycles. The average molecular weight is 366 g/mol. The number of hydrogen-bond donors (Lipinski definition) is 1. The van der Waals surface area contributed by atoms with E-state index in [1.54, 1.807) is 0 Å². The summed E-state index contributed by atoms with van der Waals surface area (Å²) in [7, 11) is 0. The summed E-state index contributed by atoms with van der Waals surface area (Å²) < 4.78 is 1.45. The van der Waals surface area contributed by atoms with Gasteiger partial charge in [-0.05, 0) is 0 Å². The monoisotopic (exact) mass is 367 g/mol. The molecule has 0 amide bonds. The van der Waals surface area contributed by atoms with E-state index in [-0.39, 0.29) is 0 Å². The van der Waals surface area contributed by atoms with Gasteiger partial charge in [-0.1, -0.05) is 0 Å². The van der Waals surface area contributed by atoms with Crippen molar-refractivity contribution >= 4 is 25.1 Å². The summed E-state index contributed by atoms with van der Waals surface area (Å²) in [4.78, 5) is 0. The number of aryl methyl sites for hydroxylation is 1. The third-order valence-corrected chi connectivity index (χ3v) is 6.07. The van der Waals surface area contributed by atoms with Crippen molar-refractivity contribution < 1.29 is 0 Å². The molecule has 2 heteroatoms. The molecule has 0 spiro atoms. The molecule has 0 aliphatic rings. The van der Waals surface area contributed by atoms with Crippen LogP contribution in [-0.4, -0.2) is 15.0 Å². The summed E-state index contributed by atoms with van der Waals surface area (Å²) in [5.74, 6) is 0. The van der Waals surface area contributed by atoms with Gasteiger partial charge in [-0.2, -0.15) is 0 Å². The first kappa shape index (κ1) is 15.9. The van der Waals surface area contributed by atoms with Crippen molar-refractivity contribution in [3.05, 3.63) is 96.1 Å². The standard InChI is InChI=1S/C21H21NSe/c1-17-12-14-18(15-13-17)21(22-19-8-4-2-5-9-19)16-23-20-10-6-3-7-11-20/h2-15,21-22H,16H2,1H3. The Morgan fingerprint density at radius 1 is 0.783 bits per heavy atom. The molecule has 0 aliphatic heterocycles. The first-order valence-corrected chi connectivity index (χ1v) is 9.94. The molecule has 0 aliphatic carbocycles. The van der Waals surface area contributed by atoms with Gasteiger partial charge in [0, 0.05) is 0 Å². The van der Waals surface area contributed by atoms with Crippen LogP contribution in [0.1, 0.15) is 17.2 Å². The molecule has 0 bridgehead atoms. The Kier molecular flexibility index (Phi) is 5.52. The molecule has 3 rings (SSSR count). The summed E-state index contributed by atoms with van der Waals surface area (Å²) in [6, 6.07) is 30.5. The Morgan fingerprint density at radius 2 is 1.39 bits per heavy atom. The SMILES string of the molecule is Cc1ccc(C(C[Se]c2ccccc2)Nc2ccccc2)cc1. The molecule has 1 N–H and O–H groups in total. The summed E-state index contributed by atoms with van der Waals surface area (Å²) in [6.07, 6.45) is 0. The van der Waals surface area contributed by atoms with Crippen LogP contribution in [-0.2, 0) is 0 Å². The summed E-state index contributed by atoms with van der Waals surface area (Å²) in [5, 5.41) is 4.83. The Bertz CT molecular complexity index is 708. The van der Waals surface area contributed by atoms with Crippen LogP contribution < -0.4 is 9.78 Å². The minimum absolute atomic E-state index is 0.346. The molecule has 3 aromatic rings. The third-order valence-electron chi connectivity index (χ3n) is 3.75. The fourth-order valence-electron chi connectivity index (χ4n) is 2.45. The number of benzene rings is 3. The topological polar surface area (TPSA) is 12.0 Å². The second kappa shape index (κ2) is 8.01. The van der Waals surface area contributed by atoms with Gasteiger partial charge in [0.2, 0.25) is 0 Å². The van der Waals surface area contributed by atoms with Crippen LogP contribution in [0, 0.1) is 6.92 Å². The summed E-state index contributed by atoms with van der Waals surface area (Å²) in [6.45, 7) is 2.14. The number of nitrogens with one attached hydrogen (secondary N) is 1. The van der Waals surface area contributed by atoms with Crippen LogP contribution in [0.4, 0.5) is 5.69 Å².